The molecule has 1 heterocycles. The van der Waals surface area contributed by atoms with Crippen molar-refractivity contribution in [3.8, 4) is 0 Å². The molecule has 2 aromatic carbocycles. The number of aryl methyl sites for hydroxylation is 1. The summed E-state index contributed by atoms with van der Waals surface area (Å²) in [4.78, 5) is 14.8. The Bertz CT molecular complexity index is 785. The molecule has 0 aromatic heterocycles. The van der Waals surface area contributed by atoms with Gasteiger partial charge in [-0.1, -0.05) is 47.5 Å². The lowest BCUT2D eigenvalue weighted by molar-refractivity contribution is -0.127. The molecule has 3 rings (SSSR count). The Balaban J connectivity index is 1.49. The number of likely N-dealkylation sites (tertiary alicyclic amines) is 1. The SMILES string of the molecule is Cc1ccc([C@H](C)NC(=O)C2CCN(Cc3ccc(Cl)cc3F)CC2)cc1. The van der Waals surface area contributed by atoms with Gasteiger partial charge in [0.2, 0.25) is 5.91 Å². The summed E-state index contributed by atoms with van der Waals surface area (Å²) in [6.07, 6.45) is 1.59. The minimum absolute atomic E-state index is 0.000655. The van der Waals surface area contributed by atoms with Crippen LogP contribution in [0.3, 0.4) is 0 Å². The molecule has 5 heteroatoms. The maximum Gasteiger partial charge on any atom is 0.223 e. The van der Waals surface area contributed by atoms with Gasteiger partial charge in [-0.2, -0.15) is 0 Å². The number of halogens is 2. The molecule has 3 nitrogen and oxygen atoms in total. The normalized spacial score (nSPS) is 16.9. The highest BCUT2D eigenvalue weighted by Gasteiger charge is 2.26. The lowest BCUT2D eigenvalue weighted by Crippen LogP contribution is -2.41. The molecule has 2 aromatic rings. The van der Waals surface area contributed by atoms with Gasteiger partial charge in [-0.3, -0.25) is 9.69 Å². The fraction of sp³-hybridized carbons (Fsp3) is 0.409. The highest BCUT2D eigenvalue weighted by Crippen LogP contribution is 2.23. The van der Waals surface area contributed by atoms with Crippen LogP contribution in [0.15, 0.2) is 42.5 Å². The Morgan fingerprint density at radius 1 is 1.22 bits per heavy atom. The summed E-state index contributed by atoms with van der Waals surface area (Å²) in [6.45, 7) is 6.20. The Morgan fingerprint density at radius 2 is 1.89 bits per heavy atom. The molecule has 0 unspecified atom stereocenters. The number of benzene rings is 2. The molecule has 144 valence electrons. The topological polar surface area (TPSA) is 32.3 Å². The molecule has 1 aliphatic heterocycles. The van der Waals surface area contributed by atoms with E-state index in [2.05, 4.69) is 41.4 Å². The molecule has 1 atom stereocenters. The molecule has 0 spiro atoms. The van der Waals surface area contributed by atoms with E-state index in [1.807, 2.05) is 6.92 Å². The molecule has 0 radical (unpaired) electrons. The summed E-state index contributed by atoms with van der Waals surface area (Å²) in [5, 5.41) is 3.54. The second-order valence-corrected chi connectivity index (χ2v) is 7.86. The Morgan fingerprint density at radius 3 is 2.52 bits per heavy atom. The van der Waals surface area contributed by atoms with Crippen LogP contribution < -0.4 is 5.32 Å². The molecule has 1 fully saturated rings. The summed E-state index contributed by atoms with van der Waals surface area (Å²) in [5.74, 6) is -0.140. The molecular weight excluding hydrogens is 363 g/mol. The predicted molar refractivity (Wildman–Crippen MR) is 107 cm³/mol. The van der Waals surface area contributed by atoms with Crippen LogP contribution in [0.25, 0.3) is 0 Å². The van der Waals surface area contributed by atoms with Crippen LogP contribution in [0.1, 0.15) is 42.5 Å². The number of hydrogen-bond donors (Lipinski definition) is 1. The monoisotopic (exact) mass is 388 g/mol. The summed E-state index contributed by atoms with van der Waals surface area (Å²) in [7, 11) is 0. The van der Waals surface area contributed by atoms with E-state index in [-0.39, 0.29) is 23.7 Å². The smallest absolute Gasteiger partial charge is 0.223 e. The number of amides is 1. The number of carbonyl (C=O) groups excluding carboxylic acids is 1. The second-order valence-electron chi connectivity index (χ2n) is 7.43. The Labute approximate surface area is 165 Å². The highest BCUT2D eigenvalue weighted by molar-refractivity contribution is 6.30. The van der Waals surface area contributed by atoms with Crippen LogP contribution in [-0.4, -0.2) is 23.9 Å². The first-order valence-corrected chi connectivity index (χ1v) is 9.83. The third kappa shape index (κ3) is 5.30. The zero-order valence-corrected chi connectivity index (χ0v) is 16.6. The van der Waals surface area contributed by atoms with Crippen molar-refractivity contribution >= 4 is 17.5 Å². The fourth-order valence-corrected chi connectivity index (χ4v) is 3.67. The van der Waals surface area contributed by atoms with E-state index >= 15 is 0 Å². The van der Waals surface area contributed by atoms with Gasteiger partial charge >= 0.3 is 0 Å². The zero-order valence-electron chi connectivity index (χ0n) is 15.8. The zero-order chi connectivity index (χ0) is 19.4. The minimum atomic E-state index is -0.269. The molecular formula is C22H26ClFN2O. The van der Waals surface area contributed by atoms with Crippen molar-refractivity contribution in [1.82, 2.24) is 10.2 Å². The van der Waals surface area contributed by atoms with Crippen LogP contribution in [0, 0.1) is 18.7 Å². The van der Waals surface area contributed by atoms with Gasteiger partial charge < -0.3 is 5.32 Å². The summed E-state index contributed by atoms with van der Waals surface area (Å²) < 4.78 is 14.0. The van der Waals surface area contributed by atoms with E-state index < -0.39 is 0 Å². The first-order valence-electron chi connectivity index (χ1n) is 9.45. The van der Waals surface area contributed by atoms with Crippen molar-refractivity contribution in [2.24, 2.45) is 5.92 Å². The van der Waals surface area contributed by atoms with Crippen LogP contribution in [0.2, 0.25) is 5.02 Å². The van der Waals surface area contributed by atoms with E-state index in [0.717, 1.165) is 31.5 Å². The Hall–Kier alpha value is -1.91. The molecule has 1 aliphatic rings. The van der Waals surface area contributed by atoms with Gasteiger partial charge in [0.15, 0.2) is 0 Å². The number of nitrogens with zero attached hydrogens (tertiary/aromatic N) is 1. The van der Waals surface area contributed by atoms with Crippen LogP contribution in [-0.2, 0) is 11.3 Å². The number of piperidine rings is 1. The second kappa shape index (κ2) is 8.85. The van der Waals surface area contributed by atoms with Crippen molar-refractivity contribution in [2.75, 3.05) is 13.1 Å². The summed E-state index contributed by atoms with van der Waals surface area (Å²) >= 11 is 5.81. The van der Waals surface area contributed by atoms with Crippen LogP contribution in [0.5, 0.6) is 0 Å². The van der Waals surface area contributed by atoms with Crippen molar-refractivity contribution in [1.29, 1.82) is 0 Å². The van der Waals surface area contributed by atoms with Gasteiger partial charge in [-0.15, -0.1) is 0 Å². The number of rotatable bonds is 5. The standard InChI is InChI=1S/C22H26ClFN2O/c1-15-3-5-17(6-4-15)16(2)25-22(27)18-9-11-26(12-10-18)14-19-7-8-20(23)13-21(19)24/h3-8,13,16,18H,9-12,14H2,1-2H3,(H,25,27)/t16-/m0/s1. The third-order valence-electron chi connectivity index (χ3n) is 5.30. The Kier molecular flexibility index (Phi) is 6.51. The molecule has 1 N–H and O–H groups in total. The van der Waals surface area contributed by atoms with Gasteiger partial charge in [0, 0.05) is 23.0 Å². The van der Waals surface area contributed by atoms with Crippen LogP contribution >= 0.6 is 11.6 Å². The molecule has 0 saturated carbocycles. The maximum absolute atomic E-state index is 14.0. The molecule has 27 heavy (non-hydrogen) atoms. The highest BCUT2D eigenvalue weighted by atomic mass is 35.5. The first-order chi connectivity index (χ1) is 12.9. The number of hydrogen-bond acceptors (Lipinski definition) is 2. The molecule has 0 aliphatic carbocycles. The summed E-state index contributed by atoms with van der Waals surface area (Å²) in [5.41, 5.74) is 2.97. The van der Waals surface area contributed by atoms with E-state index in [4.69, 9.17) is 11.6 Å². The lowest BCUT2D eigenvalue weighted by atomic mass is 9.94. The van der Waals surface area contributed by atoms with Gasteiger partial charge in [-0.25, -0.2) is 4.39 Å². The van der Waals surface area contributed by atoms with Crippen molar-refractivity contribution in [3.05, 3.63) is 70.0 Å². The molecule has 1 saturated heterocycles. The first kappa shape index (κ1) is 19.8. The number of nitrogens with one attached hydrogen (secondary N) is 1. The quantitative estimate of drug-likeness (QED) is 0.791. The summed E-state index contributed by atoms with van der Waals surface area (Å²) in [6, 6.07) is 13.0. The molecule has 1 amide bonds. The van der Waals surface area contributed by atoms with Crippen molar-refractivity contribution < 1.29 is 9.18 Å². The average molecular weight is 389 g/mol. The van der Waals surface area contributed by atoms with Gasteiger partial charge in [0.1, 0.15) is 5.82 Å². The van der Waals surface area contributed by atoms with E-state index in [1.54, 1.807) is 12.1 Å². The van der Waals surface area contributed by atoms with E-state index in [9.17, 15) is 9.18 Å². The average Bonchev–Trinajstić information content (AvgIpc) is 2.65. The van der Waals surface area contributed by atoms with Crippen molar-refractivity contribution in [3.63, 3.8) is 0 Å². The minimum Gasteiger partial charge on any atom is -0.349 e. The predicted octanol–water partition coefficient (Wildman–Crippen LogP) is 4.88. The fourth-order valence-electron chi connectivity index (χ4n) is 3.51. The lowest BCUT2D eigenvalue weighted by Gasteiger charge is -2.32. The van der Waals surface area contributed by atoms with Gasteiger partial charge in [0.05, 0.1) is 6.04 Å². The third-order valence-corrected chi connectivity index (χ3v) is 5.54. The van der Waals surface area contributed by atoms with E-state index in [0.29, 0.717) is 17.1 Å². The van der Waals surface area contributed by atoms with Crippen molar-refractivity contribution in [2.45, 2.75) is 39.3 Å². The largest absolute Gasteiger partial charge is 0.349 e. The van der Waals surface area contributed by atoms with Gasteiger partial charge in [-0.05, 0) is 57.5 Å². The molecule has 0 bridgehead atoms. The van der Waals surface area contributed by atoms with E-state index in [1.165, 1.54) is 11.6 Å². The maximum atomic E-state index is 14.0. The number of carbonyl (C=O) groups is 1. The van der Waals surface area contributed by atoms with Crippen LogP contribution in [0.4, 0.5) is 4.39 Å². The van der Waals surface area contributed by atoms with Gasteiger partial charge in [0.25, 0.3) is 0 Å².